The van der Waals surface area contributed by atoms with Crippen LogP contribution in [-0.2, 0) is 16.0 Å². The summed E-state index contributed by atoms with van der Waals surface area (Å²) in [5, 5.41) is 0. The third-order valence-electron chi connectivity index (χ3n) is 4.78. The maximum absolute atomic E-state index is 12.5. The molecule has 2 fully saturated rings. The van der Waals surface area contributed by atoms with Crippen molar-refractivity contribution in [1.82, 2.24) is 14.8 Å². The minimum atomic E-state index is 0.105. The first-order valence-corrected chi connectivity index (χ1v) is 8.53. The minimum absolute atomic E-state index is 0.105. The van der Waals surface area contributed by atoms with E-state index in [0.717, 1.165) is 29.5 Å². The van der Waals surface area contributed by atoms with Gasteiger partial charge in [0.15, 0.2) is 11.5 Å². The van der Waals surface area contributed by atoms with E-state index in [1.807, 2.05) is 34.9 Å². The standard InChI is InChI=1S/C18H21N3O3/c1-12-19-15-10-13(2-5-16(15)24-12)11-17(22)20-6-8-21(9-7-20)18(23)14-3-4-14/h2,5,10,14H,3-4,6-9,11H2,1H3. The first-order chi connectivity index (χ1) is 11.6. The van der Waals surface area contributed by atoms with Gasteiger partial charge in [0.1, 0.15) is 5.52 Å². The predicted molar refractivity (Wildman–Crippen MR) is 88.3 cm³/mol. The van der Waals surface area contributed by atoms with Crippen molar-refractivity contribution in [1.29, 1.82) is 0 Å². The van der Waals surface area contributed by atoms with E-state index in [1.165, 1.54) is 0 Å². The van der Waals surface area contributed by atoms with Gasteiger partial charge in [0.05, 0.1) is 6.42 Å². The number of benzene rings is 1. The Morgan fingerprint density at radius 2 is 1.88 bits per heavy atom. The number of carbonyl (C=O) groups is 2. The van der Waals surface area contributed by atoms with Crippen molar-refractivity contribution in [2.24, 2.45) is 5.92 Å². The summed E-state index contributed by atoms with van der Waals surface area (Å²) in [7, 11) is 0. The van der Waals surface area contributed by atoms with Gasteiger partial charge in [-0.25, -0.2) is 4.98 Å². The van der Waals surface area contributed by atoms with Crippen LogP contribution < -0.4 is 0 Å². The fraction of sp³-hybridized carbons (Fsp3) is 0.500. The van der Waals surface area contributed by atoms with E-state index in [-0.39, 0.29) is 17.7 Å². The number of aryl methyl sites for hydroxylation is 1. The number of aromatic nitrogens is 1. The molecule has 1 saturated heterocycles. The SMILES string of the molecule is Cc1nc2cc(CC(=O)N3CCN(C(=O)C4CC4)CC3)ccc2o1. The molecule has 1 saturated carbocycles. The summed E-state index contributed by atoms with van der Waals surface area (Å²) in [5.41, 5.74) is 2.48. The third-order valence-corrected chi connectivity index (χ3v) is 4.78. The Kier molecular flexibility index (Phi) is 3.75. The first kappa shape index (κ1) is 15.2. The number of carbonyl (C=O) groups excluding carboxylic acids is 2. The number of nitrogens with zero attached hydrogens (tertiary/aromatic N) is 3. The molecule has 0 bridgehead atoms. The van der Waals surface area contributed by atoms with Crippen LogP contribution in [0.3, 0.4) is 0 Å². The van der Waals surface area contributed by atoms with Crippen molar-refractivity contribution < 1.29 is 14.0 Å². The molecule has 0 spiro atoms. The maximum atomic E-state index is 12.5. The summed E-state index contributed by atoms with van der Waals surface area (Å²) in [6, 6.07) is 5.69. The second-order valence-corrected chi connectivity index (χ2v) is 6.69. The lowest BCUT2D eigenvalue weighted by molar-refractivity contribution is -0.140. The monoisotopic (exact) mass is 327 g/mol. The molecule has 0 radical (unpaired) electrons. The van der Waals surface area contributed by atoms with Crippen LogP contribution in [0.15, 0.2) is 22.6 Å². The highest BCUT2D eigenvalue weighted by Gasteiger charge is 2.35. The van der Waals surface area contributed by atoms with Crippen molar-refractivity contribution in [3.63, 3.8) is 0 Å². The molecule has 2 aliphatic rings. The summed E-state index contributed by atoms with van der Waals surface area (Å²) in [4.78, 5) is 32.6. The second kappa shape index (κ2) is 5.92. The highest BCUT2D eigenvalue weighted by atomic mass is 16.3. The Hall–Kier alpha value is -2.37. The van der Waals surface area contributed by atoms with E-state index in [4.69, 9.17) is 4.42 Å². The molecule has 126 valence electrons. The Balaban J connectivity index is 1.36. The van der Waals surface area contributed by atoms with Crippen molar-refractivity contribution >= 4 is 22.9 Å². The van der Waals surface area contributed by atoms with E-state index in [0.29, 0.717) is 38.5 Å². The molecule has 2 aromatic rings. The van der Waals surface area contributed by atoms with Gasteiger partial charge in [-0.3, -0.25) is 9.59 Å². The molecule has 1 aromatic heterocycles. The largest absolute Gasteiger partial charge is 0.441 e. The van der Waals surface area contributed by atoms with Crippen LogP contribution in [0.25, 0.3) is 11.1 Å². The zero-order valence-corrected chi connectivity index (χ0v) is 13.8. The minimum Gasteiger partial charge on any atom is -0.441 e. The Bertz CT molecular complexity index is 786. The molecule has 6 heteroatoms. The molecule has 0 unspecified atom stereocenters. The lowest BCUT2D eigenvalue weighted by Crippen LogP contribution is -2.51. The number of oxazole rings is 1. The molecule has 6 nitrogen and oxygen atoms in total. The fourth-order valence-electron chi connectivity index (χ4n) is 3.25. The first-order valence-electron chi connectivity index (χ1n) is 8.53. The van der Waals surface area contributed by atoms with Gasteiger partial charge in [0.25, 0.3) is 0 Å². The number of fused-ring (bicyclic) bond motifs is 1. The van der Waals surface area contributed by atoms with E-state index < -0.39 is 0 Å². The van der Waals surface area contributed by atoms with Gasteiger partial charge in [0.2, 0.25) is 11.8 Å². The van der Waals surface area contributed by atoms with Gasteiger partial charge in [-0.05, 0) is 30.5 Å². The molecule has 2 heterocycles. The van der Waals surface area contributed by atoms with Crippen LogP contribution in [0.2, 0.25) is 0 Å². The fourth-order valence-corrected chi connectivity index (χ4v) is 3.25. The number of rotatable bonds is 3. The average Bonchev–Trinajstić information content (AvgIpc) is 3.36. The van der Waals surface area contributed by atoms with E-state index in [9.17, 15) is 9.59 Å². The number of hydrogen-bond acceptors (Lipinski definition) is 4. The van der Waals surface area contributed by atoms with Crippen molar-refractivity contribution in [3.8, 4) is 0 Å². The second-order valence-electron chi connectivity index (χ2n) is 6.69. The summed E-state index contributed by atoms with van der Waals surface area (Å²) < 4.78 is 5.46. The quantitative estimate of drug-likeness (QED) is 0.861. The van der Waals surface area contributed by atoms with Crippen molar-refractivity contribution in [2.45, 2.75) is 26.2 Å². The summed E-state index contributed by atoms with van der Waals surface area (Å²) in [6.45, 7) is 4.38. The molecule has 0 atom stereocenters. The van der Waals surface area contributed by atoms with Gasteiger partial charge in [-0.15, -0.1) is 0 Å². The lowest BCUT2D eigenvalue weighted by atomic mass is 10.1. The van der Waals surface area contributed by atoms with Crippen LogP contribution in [0.4, 0.5) is 0 Å². The van der Waals surface area contributed by atoms with Crippen LogP contribution >= 0.6 is 0 Å². The molecule has 1 aliphatic carbocycles. The van der Waals surface area contributed by atoms with E-state index >= 15 is 0 Å². The molecular weight excluding hydrogens is 306 g/mol. The van der Waals surface area contributed by atoms with Gasteiger partial charge in [0, 0.05) is 39.0 Å². The van der Waals surface area contributed by atoms with Crippen LogP contribution in [0, 0.1) is 12.8 Å². The Labute approximate surface area is 140 Å². The third kappa shape index (κ3) is 3.00. The molecule has 24 heavy (non-hydrogen) atoms. The van der Waals surface area contributed by atoms with Crippen molar-refractivity contribution in [2.75, 3.05) is 26.2 Å². The predicted octanol–water partition coefficient (Wildman–Crippen LogP) is 1.76. The molecule has 4 rings (SSSR count). The highest BCUT2D eigenvalue weighted by Crippen LogP contribution is 2.31. The molecule has 1 aliphatic heterocycles. The van der Waals surface area contributed by atoms with Gasteiger partial charge >= 0.3 is 0 Å². The molecule has 2 amide bonds. The molecular formula is C18H21N3O3. The Morgan fingerprint density at radius 1 is 1.17 bits per heavy atom. The topological polar surface area (TPSA) is 66.7 Å². The zero-order chi connectivity index (χ0) is 16.7. The van der Waals surface area contributed by atoms with Gasteiger partial charge < -0.3 is 14.2 Å². The highest BCUT2D eigenvalue weighted by molar-refractivity contribution is 5.83. The van der Waals surface area contributed by atoms with Gasteiger partial charge in [-0.1, -0.05) is 6.07 Å². The number of hydrogen-bond donors (Lipinski definition) is 0. The molecule has 1 aromatic carbocycles. The average molecular weight is 327 g/mol. The van der Waals surface area contributed by atoms with Crippen LogP contribution in [0.1, 0.15) is 24.3 Å². The lowest BCUT2D eigenvalue weighted by Gasteiger charge is -2.35. The van der Waals surface area contributed by atoms with E-state index in [2.05, 4.69) is 4.98 Å². The maximum Gasteiger partial charge on any atom is 0.227 e. The Morgan fingerprint density at radius 3 is 2.58 bits per heavy atom. The number of amides is 2. The van der Waals surface area contributed by atoms with Gasteiger partial charge in [-0.2, -0.15) is 0 Å². The summed E-state index contributed by atoms with van der Waals surface area (Å²) in [5.74, 6) is 1.26. The van der Waals surface area contributed by atoms with Crippen molar-refractivity contribution in [3.05, 3.63) is 29.7 Å². The molecule has 0 N–H and O–H groups in total. The van der Waals surface area contributed by atoms with Crippen LogP contribution in [0.5, 0.6) is 0 Å². The van der Waals surface area contributed by atoms with E-state index in [1.54, 1.807) is 0 Å². The smallest absolute Gasteiger partial charge is 0.227 e. The number of piperazine rings is 1. The van der Waals surface area contributed by atoms with Crippen LogP contribution in [-0.4, -0.2) is 52.8 Å². The summed E-state index contributed by atoms with van der Waals surface area (Å²) >= 11 is 0. The summed E-state index contributed by atoms with van der Waals surface area (Å²) in [6.07, 6.45) is 2.42. The zero-order valence-electron chi connectivity index (χ0n) is 13.8. The normalized spacial score (nSPS) is 18.2.